The lowest BCUT2D eigenvalue weighted by atomic mass is 10.1. The van der Waals surface area contributed by atoms with Crippen molar-refractivity contribution in [2.24, 2.45) is 5.92 Å². The molecule has 1 aromatic carbocycles. The number of sulfonamides is 1. The van der Waals surface area contributed by atoms with Crippen LogP contribution in [0.1, 0.15) is 35.7 Å². The standard InChI is InChI=1S/C21H21N3O6S2/c1-3-30-19(25)15-11-22-24(12-15)16-9-10-17(31-16)32(28,29)23-21(20(26)27)13(2)18(21)14-7-5-4-6-8-14/h4-13,18,23H,3H2,1-2H3,(H,26,27). The minimum absolute atomic E-state index is 0.0489. The molecule has 2 heterocycles. The summed E-state index contributed by atoms with van der Waals surface area (Å²) in [6, 6.07) is 11.9. The number of rotatable bonds is 8. The maximum Gasteiger partial charge on any atom is 0.341 e. The third-order valence-electron chi connectivity index (χ3n) is 5.57. The minimum Gasteiger partial charge on any atom is -0.480 e. The van der Waals surface area contributed by atoms with Crippen LogP contribution in [0.3, 0.4) is 0 Å². The Hall–Kier alpha value is -3.02. The Kier molecular flexibility index (Phi) is 5.65. The van der Waals surface area contributed by atoms with Gasteiger partial charge in [0.2, 0.25) is 0 Å². The highest BCUT2D eigenvalue weighted by Crippen LogP contribution is 2.58. The molecule has 0 radical (unpaired) electrons. The number of aliphatic carboxylic acids is 1. The zero-order chi connectivity index (χ0) is 23.1. The summed E-state index contributed by atoms with van der Waals surface area (Å²) < 4.78 is 34.9. The highest BCUT2D eigenvalue weighted by atomic mass is 32.2. The average molecular weight is 476 g/mol. The van der Waals surface area contributed by atoms with Crippen molar-refractivity contribution in [1.29, 1.82) is 0 Å². The second-order valence-corrected chi connectivity index (χ2v) is 10.4. The molecule has 11 heteroatoms. The maximum atomic E-state index is 13.1. The first-order chi connectivity index (χ1) is 15.2. The highest BCUT2D eigenvalue weighted by Gasteiger charge is 2.70. The molecule has 2 N–H and O–H groups in total. The van der Waals surface area contributed by atoms with Gasteiger partial charge in [-0.3, -0.25) is 4.79 Å². The Labute approximate surface area is 188 Å². The van der Waals surface area contributed by atoms with Crippen molar-refractivity contribution in [1.82, 2.24) is 14.5 Å². The molecule has 1 aliphatic rings. The fourth-order valence-corrected chi connectivity index (χ4v) is 6.60. The van der Waals surface area contributed by atoms with Crippen molar-refractivity contribution in [2.45, 2.75) is 29.5 Å². The van der Waals surface area contributed by atoms with E-state index in [1.54, 1.807) is 44.2 Å². The van der Waals surface area contributed by atoms with Crippen LogP contribution in [0.4, 0.5) is 0 Å². The Morgan fingerprint density at radius 2 is 1.97 bits per heavy atom. The number of carbonyl (C=O) groups excluding carboxylic acids is 1. The van der Waals surface area contributed by atoms with E-state index in [2.05, 4.69) is 9.82 Å². The Morgan fingerprint density at radius 1 is 1.25 bits per heavy atom. The van der Waals surface area contributed by atoms with Gasteiger partial charge in [-0.25, -0.2) is 17.9 Å². The van der Waals surface area contributed by atoms with Crippen LogP contribution in [0.2, 0.25) is 0 Å². The fourth-order valence-electron chi connectivity index (χ4n) is 3.91. The molecule has 168 valence electrons. The van der Waals surface area contributed by atoms with Crippen molar-refractivity contribution in [3.8, 4) is 5.00 Å². The fraction of sp³-hybridized carbons (Fsp3) is 0.286. The summed E-state index contributed by atoms with van der Waals surface area (Å²) in [6.45, 7) is 3.64. The summed E-state index contributed by atoms with van der Waals surface area (Å²) in [5.74, 6) is -2.64. The molecule has 4 rings (SSSR count). The lowest BCUT2D eigenvalue weighted by Crippen LogP contribution is -2.45. The molecule has 1 fully saturated rings. The van der Waals surface area contributed by atoms with Crippen molar-refractivity contribution < 1.29 is 27.9 Å². The van der Waals surface area contributed by atoms with E-state index in [1.165, 1.54) is 23.1 Å². The number of ether oxygens (including phenoxy) is 1. The topological polar surface area (TPSA) is 128 Å². The molecule has 0 bridgehead atoms. The van der Waals surface area contributed by atoms with E-state index < -0.39 is 39.3 Å². The molecule has 1 aliphatic carbocycles. The Bertz CT molecular complexity index is 1270. The Balaban J connectivity index is 1.59. The van der Waals surface area contributed by atoms with Gasteiger partial charge in [0.25, 0.3) is 10.0 Å². The number of carbonyl (C=O) groups is 2. The van der Waals surface area contributed by atoms with Crippen LogP contribution >= 0.6 is 11.3 Å². The minimum atomic E-state index is -4.12. The van der Waals surface area contributed by atoms with Crippen LogP contribution < -0.4 is 4.72 Å². The van der Waals surface area contributed by atoms with Gasteiger partial charge in [-0.05, 0) is 30.5 Å². The lowest BCUT2D eigenvalue weighted by Gasteiger charge is -2.15. The van der Waals surface area contributed by atoms with Crippen molar-refractivity contribution >= 4 is 33.3 Å². The normalized spacial score (nSPS) is 22.4. The van der Waals surface area contributed by atoms with Crippen molar-refractivity contribution in [2.75, 3.05) is 6.61 Å². The van der Waals surface area contributed by atoms with E-state index >= 15 is 0 Å². The monoisotopic (exact) mass is 475 g/mol. The lowest BCUT2D eigenvalue weighted by molar-refractivity contribution is -0.140. The third-order valence-corrected chi connectivity index (χ3v) is 8.62. The smallest absolute Gasteiger partial charge is 0.341 e. The molecule has 0 saturated heterocycles. The van der Waals surface area contributed by atoms with Gasteiger partial charge in [0.1, 0.15) is 14.7 Å². The van der Waals surface area contributed by atoms with Gasteiger partial charge in [0.15, 0.2) is 0 Å². The van der Waals surface area contributed by atoms with Crippen LogP contribution in [0.25, 0.3) is 5.00 Å². The largest absolute Gasteiger partial charge is 0.480 e. The summed E-state index contributed by atoms with van der Waals surface area (Å²) >= 11 is 0.915. The molecule has 1 saturated carbocycles. The van der Waals surface area contributed by atoms with Gasteiger partial charge in [0.05, 0.1) is 18.4 Å². The summed E-state index contributed by atoms with van der Waals surface area (Å²) in [4.78, 5) is 24.0. The predicted molar refractivity (Wildman–Crippen MR) is 116 cm³/mol. The molecule has 32 heavy (non-hydrogen) atoms. The summed E-state index contributed by atoms with van der Waals surface area (Å²) in [6.07, 6.45) is 2.78. The second-order valence-electron chi connectivity index (χ2n) is 7.44. The summed E-state index contributed by atoms with van der Waals surface area (Å²) in [5, 5.41) is 14.4. The van der Waals surface area contributed by atoms with Gasteiger partial charge in [-0.2, -0.15) is 9.82 Å². The number of nitrogens with zero attached hydrogens (tertiary/aromatic N) is 2. The van der Waals surface area contributed by atoms with Crippen LogP contribution in [-0.4, -0.2) is 47.4 Å². The number of thiophene rings is 1. The molecule has 9 nitrogen and oxygen atoms in total. The first kappa shape index (κ1) is 22.2. The molecule has 3 atom stereocenters. The number of esters is 1. The number of hydrogen-bond acceptors (Lipinski definition) is 7. The van der Waals surface area contributed by atoms with Gasteiger partial charge in [0, 0.05) is 12.1 Å². The van der Waals surface area contributed by atoms with E-state index in [1.807, 2.05) is 6.07 Å². The van der Waals surface area contributed by atoms with Crippen LogP contribution in [-0.2, 0) is 19.6 Å². The Morgan fingerprint density at radius 3 is 2.62 bits per heavy atom. The highest BCUT2D eigenvalue weighted by molar-refractivity contribution is 7.91. The van der Waals surface area contributed by atoms with Crippen LogP contribution in [0, 0.1) is 5.92 Å². The number of hydrogen-bond donors (Lipinski definition) is 2. The van der Waals surface area contributed by atoms with E-state index in [-0.39, 0.29) is 16.4 Å². The maximum absolute atomic E-state index is 13.1. The predicted octanol–water partition coefficient (Wildman–Crippen LogP) is 2.65. The molecule has 3 unspecified atom stereocenters. The van der Waals surface area contributed by atoms with Gasteiger partial charge >= 0.3 is 11.9 Å². The number of carboxylic acids is 1. The zero-order valence-corrected chi connectivity index (χ0v) is 18.9. The number of aromatic nitrogens is 2. The quantitative estimate of drug-likeness (QED) is 0.479. The van der Waals surface area contributed by atoms with E-state index in [0.717, 1.165) is 16.9 Å². The molecule has 2 aromatic heterocycles. The van der Waals surface area contributed by atoms with Crippen LogP contribution in [0.5, 0.6) is 0 Å². The number of carboxylic acid groups (broad SMARTS) is 1. The van der Waals surface area contributed by atoms with Crippen molar-refractivity contribution in [3.05, 3.63) is 66.0 Å². The summed E-state index contributed by atoms with van der Waals surface area (Å²) in [7, 11) is -4.12. The second kappa shape index (κ2) is 8.15. The van der Waals surface area contributed by atoms with E-state index in [9.17, 15) is 23.1 Å². The van der Waals surface area contributed by atoms with Crippen molar-refractivity contribution in [3.63, 3.8) is 0 Å². The average Bonchev–Trinajstić information content (AvgIpc) is 3.20. The molecular weight excluding hydrogens is 454 g/mol. The van der Waals surface area contributed by atoms with Gasteiger partial charge in [-0.1, -0.05) is 37.3 Å². The first-order valence-electron chi connectivity index (χ1n) is 9.85. The molecular formula is C21H21N3O6S2. The van der Waals surface area contributed by atoms with E-state index in [0.29, 0.717) is 5.00 Å². The molecule has 0 spiro atoms. The van der Waals surface area contributed by atoms with Crippen LogP contribution in [0.15, 0.2) is 59.1 Å². The van der Waals surface area contributed by atoms with E-state index in [4.69, 9.17) is 4.74 Å². The number of benzene rings is 1. The molecule has 0 aliphatic heterocycles. The first-order valence-corrected chi connectivity index (χ1v) is 12.1. The SMILES string of the molecule is CCOC(=O)c1cnn(-c2ccc(S(=O)(=O)NC3(C(=O)O)C(C)C3c3ccccc3)s2)c1. The summed E-state index contributed by atoms with van der Waals surface area (Å²) in [5.41, 5.74) is -0.613. The molecule has 3 aromatic rings. The molecule has 0 amide bonds. The van der Waals surface area contributed by atoms with Gasteiger partial charge < -0.3 is 9.84 Å². The van der Waals surface area contributed by atoms with Gasteiger partial charge in [-0.15, -0.1) is 11.3 Å². The third kappa shape index (κ3) is 3.72. The zero-order valence-electron chi connectivity index (χ0n) is 17.3. The number of nitrogens with one attached hydrogen (secondary N) is 1.